The molecule has 0 aliphatic heterocycles. The summed E-state index contributed by atoms with van der Waals surface area (Å²) in [5.41, 5.74) is 0. The van der Waals surface area contributed by atoms with E-state index in [2.05, 4.69) is 11.9 Å². The fraction of sp³-hybridized carbons (Fsp3) is 0.667. The van der Waals surface area contributed by atoms with Crippen molar-refractivity contribution in [1.29, 1.82) is 0 Å². The fourth-order valence-electron chi connectivity index (χ4n) is 0.730. The number of hydrogen-bond acceptors (Lipinski definition) is 3. The van der Waals surface area contributed by atoms with Gasteiger partial charge in [-0.2, -0.15) is 0 Å². The number of carbonyl (C=O) groups is 1. The van der Waals surface area contributed by atoms with E-state index in [1.807, 2.05) is 0 Å². The Hall–Kier alpha value is -0.480. The molecule has 0 rings (SSSR count). The third-order valence-corrected chi connectivity index (χ3v) is 2.25. The van der Waals surface area contributed by atoms with E-state index >= 15 is 0 Å². The van der Waals surface area contributed by atoms with E-state index in [-0.39, 0.29) is 5.91 Å². The monoisotopic (exact) mass is 203 g/mol. The van der Waals surface area contributed by atoms with Crippen molar-refractivity contribution < 1.29 is 9.53 Å². The molecule has 76 valence electrons. The zero-order chi connectivity index (χ0) is 9.94. The minimum absolute atomic E-state index is 0.0861. The van der Waals surface area contributed by atoms with E-state index < -0.39 is 0 Å². The summed E-state index contributed by atoms with van der Waals surface area (Å²) < 4.78 is 4.85. The summed E-state index contributed by atoms with van der Waals surface area (Å²) in [6.45, 7) is 4.97. The molecule has 0 unspecified atom stereocenters. The largest absolute Gasteiger partial charge is 0.385 e. The molecule has 0 spiro atoms. The first-order valence-electron chi connectivity index (χ1n) is 4.25. The van der Waals surface area contributed by atoms with Crippen molar-refractivity contribution in [3.8, 4) is 0 Å². The average molecular weight is 203 g/mol. The van der Waals surface area contributed by atoms with E-state index in [0.29, 0.717) is 18.9 Å². The number of methoxy groups -OCH3 is 1. The van der Waals surface area contributed by atoms with Crippen LogP contribution in [0.25, 0.3) is 0 Å². The second-order valence-electron chi connectivity index (χ2n) is 2.50. The maximum Gasteiger partial charge on any atom is 0.230 e. The number of carbonyl (C=O) groups excluding carboxylic acids is 1. The maximum atomic E-state index is 11.1. The van der Waals surface area contributed by atoms with Gasteiger partial charge in [-0.3, -0.25) is 4.79 Å². The van der Waals surface area contributed by atoms with Gasteiger partial charge in [0.1, 0.15) is 0 Å². The van der Waals surface area contributed by atoms with Crippen LogP contribution >= 0.6 is 11.8 Å². The lowest BCUT2D eigenvalue weighted by Crippen LogP contribution is -2.26. The highest BCUT2D eigenvalue weighted by Gasteiger charge is 1.98. The van der Waals surface area contributed by atoms with Crippen LogP contribution in [0.4, 0.5) is 0 Å². The van der Waals surface area contributed by atoms with Crippen LogP contribution in [0.5, 0.6) is 0 Å². The lowest BCUT2D eigenvalue weighted by molar-refractivity contribution is -0.118. The molecule has 4 heteroatoms. The molecule has 0 fully saturated rings. The number of ether oxygens (including phenoxy) is 1. The van der Waals surface area contributed by atoms with Gasteiger partial charge in [-0.25, -0.2) is 0 Å². The van der Waals surface area contributed by atoms with E-state index in [1.54, 1.807) is 24.9 Å². The van der Waals surface area contributed by atoms with E-state index in [9.17, 15) is 4.79 Å². The zero-order valence-corrected chi connectivity index (χ0v) is 8.86. The van der Waals surface area contributed by atoms with Gasteiger partial charge in [0.25, 0.3) is 0 Å². The van der Waals surface area contributed by atoms with Crippen molar-refractivity contribution >= 4 is 17.7 Å². The van der Waals surface area contributed by atoms with Gasteiger partial charge in [0.15, 0.2) is 0 Å². The molecule has 0 aromatic heterocycles. The summed E-state index contributed by atoms with van der Waals surface area (Å²) in [5, 5.41) is 2.80. The molecule has 0 saturated carbocycles. The van der Waals surface area contributed by atoms with Crippen molar-refractivity contribution in [2.24, 2.45) is 0 Å². The highest BCUT2D eigenvalue weighted by Crippen LogP contribution is 1.97. The van der Waals surface area contributed by atoms with E-state index in [4.69, 9.17) is 4.74 Å². The van der Waals surface area contributed by atoms with Crippen LogP contribution in [0.1, 0.15) is 6.42 Å². The molecule has 0 radical (unpaired) electrons. The van der Waals surface area contributed by atoms with Gasteiger partial charge >= 0.3 is 0 Å². The van der Waals surface area contributed by atoms with Crippen LogP contribution < -0.4 is 5.32 Å². The smallest absolute Gasteiger partial charge is 0.230 e. The van der Waals surface area contributed by atoms with Crippen molar-refractivity contribution in [2.45, 2.75) is 6.42 Å². The summed E-state index contributed by atoms with van der Waals surface area (Å²) >= 11 is 1.56. The summed E-state index contributed by atoms with van der Waals surface area (Å²) in [6.07, 6.45) is 2.66. The summed E-state index contributed by atoms with van der Waals surface area (Å²) in [4.78, 5) is 11.1. The van der Waals surface area contributed by atoms with Gasteiger partial charge in [0.05, 0.1) is 5.75 Å². The summed E-state index contributed by atoms with van der Waals surface area (Å²) in [5.74, 6) is 1.42. The maximum absolute atomic E-state index is 11.1. The number of nitrogens with one attached hydrogen (secondary N) is 1. The SMILES string of the molecule is C=CCSCC(=O)NCCCOC. The van der Waals surface area contributed by atoms with E-state index in [0.717, 1.165) is 12.2 Å². The van der Waals surface area contributed by atoms with Crippen LogP contribution in [-0.4, -0.2) is 37.7 Å². The molecule has 0 aromatic carbocycles. The number of rotatable bonds is 8. The van der Waals surface area contributed by atoms with Gasteiger partial charge in [0, 0.05) is 26.0 Å². The minimum Gasteiger partial charge on any atom is -0.385 e. The Kier molecular flexibility index (Phi) is 9.25. The Morgan fingerprint density at radius 1 is 1.69 bits per heavy atom. The van der Waals surface area contributed by atoms with Crippen molar-refractivity contribution in [3.63, 3.8) is 0 Å². The number of hydrogen-bond donors (Lipinski definition) is 1. The average Bonchev–Trinajstić information content (AvgIpc) is 2.13. The standard InChI is InChI=1S/C9H17NO2S/c1-3-7-13-8-9(11)10-5-4-6-12-2/h3H,1,4-8H2,2H3,(H,10,11). The third kappa shape index (κ3) is 9.43. The molecule has 13 heavy (non-hydrogen) atoms. The first kappa shape index (κ1) is 12.5. The van der Waals surface area contributed by atoms with Crippen LogP contribution in [-0.2, 0) is 9.53 Å². The Bertz CT molecular complexity index is 151. The molecule has 0 atom stereocenters. The molecule has 0 aliphatic carbocycles. The highest BCUT2D eigenvalue weighted by molar-refractivity contribution is 8.00. The van der Waals surface area contributed by atoms with Gasteiger partial charge in [-0.1, -0.05) is 6.08 Å². The van der Waals surface area contributed by atoms with Gasteiger partial charge in [0.2, 0.25) is 5.91 Å². The van der Waals surface area contributed by atoms with Crippen LogP contribution in [0.2, 0.25) is 0 Å². The quantitative estimate of drug-likeness (QED) is 0.473. The topological polar surface area (TPSA) is 38.3 Å². The predicted molar refractivity (Wildman–Crippen MR) is 57.0 cm³/mol. The first-order valence-corrected chi connectivity index (χ1v) is 5.41. The summed E-state index contributed by atoms with van der Waals surface area (Å²) in [6, 6.07) is 0. The molecule has 1 N–H and O–H groups in total. The van der Waals surface area contributed by atoms with Crippen LogP contribution in [0.3, 0.4) is 0 Å². The Balaban J connectivity index is 3.15. The van der Waals surface area contributed by atoms with Crippen LogP contribution in [0, 0.1) is 0 Å². The minimum atomic E-state index is 0.0861. The molecule has 0 saturated heterocycles. The molecule has 0 aromatic rings. The second-order valence-corrected chi connectivity index (χ2v) is 3.53. The Labute approximate surface area is 83.9 Å². The fourth-order valence-corrected chi connectivity index (χ4v) is 1.30. The van der Waals surface area contributed by atoms with Crippen LogP contribution in [0.15, 0.2) is 12.7 Å². The zero-order valence-electron chi connectivity index (χ0n) is 8.04. The number of amides is 1. The molecular formula is C9H17NO2S. The van der Waals surface area contributed by atoms with Gasteiger partial charge < -0.3 is 10.1 Å². The second kappa shape index (κ2) is 9.61. The van der Waals surface area contributed by atoms with Crippen molar-refractivity contribution in [2.75, 3.05) is 31.8 Å². The Morgan fingerprint density at radius 3 is 3.08 bits per heavy atom. The first-order chi connectivity index (χ1) is 6.31. The van der Waals surface area contributed by atoms with Crippen molar-refractivity contribution in [1.82, 2.24) is 5.32 Å². The normalized spacial score (nSPS) is 9.62. The molecule has 0 bridgehead atoms. The molecular weight excluding hydrogens is 186 g/mol. The number of thioether (sulfide) groups is 1. The lowest BCUT2D eigenvalue weighted by atomic mass is 10.4. The molecule has 3 nitrogen and oxygen atoms in total. The van der Waals surface area contributed by atoms with Crippen molar-refractivity contribution in [3.05, 3.63) is 12.7 Å². The van der Waals surface area contributed by atoms with Gasteiger partial charge in [-0.15, -0.1) is 18.3 Å². The third-order valence-electron chi connectivity index (χ3n) is 1.32. The summed E-state index contributed by atoms with van der Waals surface area (Å²) in [7, 11) is 1.65. The lowest BCUT2D eigenvalue weighted by Gasteiger charge is -2.03. The Morgan fingerprint density at radius 2 is 2.46 bits per heavy atom. The molecule has 0 heterocycles. The van der Waals surface area contributed by atoms with E-state index in [1.165, 1.54) is 0 Å². The molecule has 1 amide bonds. The highest BCUT2D eigenvalue weighted by atomic mass is 32.2. The molecule has 0 aliphatic rings. The predicted octanol–water partition coefficient (Wildman–Crippen LogP) is 1.06. The van der Waals surface area contributed by atoms with Gasteiger partial charge in [-0.05, 0) is 6.42 Å².